The summed E-state index contributed by atoms with van der Waals surface area (Å²) in [6.07, 6.45) is 2.22. The molecule has 1 aliphatic rings. The Kier molecular flexibility index (Phi) is 4.48. The van der Waals surface area contributed by atoms with Crippen LogP contribution in [-0.4, -0.2) is 32.2 Å². The van der Waals surface area contributed by atoms with Crippen LogP contribution in [0.15, 0.2) is 24.3 Å². The van der Waals surface area contributed by atoms with Crippen LogP contribution in [-0.2, 0) is 0 Å². The summed E-state index contributed by atoms with van der Waals surface area (Å²) in [5, 5.41) is 0. The first-order chi connectivity index (χ1) is 8.74. The lowest BCUT2D eigenvalue weighted by Gasteiger charge is -2.32. The number of hydrogen-bond donors (Lipinski definition) is 1. The lowest BCUT2D eigenvalue weighted by Crippen LogP contribution is -2.39. The molecule has 1 aromatic rings. The molecule has 0 saturated carbocycles. The van der Waals surface area contributed by atoms with Crippen molar-refractivity contribution in [3.63, 3.8) is 0 Å². The van der Waals surface area contributed by atoms with E-state index in [1.165, 1.54) is 11.4 Å². The molecule has 0 unspecified atom stereocenters. The van der Waals surface area contributed by atoms with Crippen molar-refractivity contribution in [2.75, 3.05) is 36.0 Å². The minimum absolute atomic E-state index is 0.399. The van der Waals surface area contributed by atoms with Crippen LogP contribution in [0.3, 0.4) is 0 Å². The predicted octanol–water partition coefficient (Wildman–Crippen LogP) is 2.46. The van der Waals surface area contributed by atoms with Crippen LogP contribution in [0.25, 0.3) is 0 Å². The first-order valence-electron chi connectivity index (χ1n) is 7.10. The van der Waals surface area contributed by atoms with Gasteiger partial charge in [-0.15, -0.1) is 0 Å². The monoisotopic (exact) mass is 247 g/mol. The van der Waals surface area contributed by atoms with E-state index in [9.17, 15) is 0 Å². The van der Waals surface area contributed by atoms with Gasteiger partial charge in [0, 0.05) is 43.6 Å². The summed E-state index contributed by atoms with van der Waals surface area (Å²) in [6.45, 7) is 8.70. The molecule has 2 rings (SSSR count). The van der Waals surface area contributed by atoms with E-state index in [4.69, 9.17) is 5.73 Å². The molecule has 1 fully saturated rings. The largest absolute Gasteiger partial charge is 0.372 e. The molecule has 0 spiro atoms. The van der Waals surface area contributed by atoms with Gasteiger partial charge in [0.1, 0.15) is 0 Å². The Balaban J connectivity index is 2.03. The highest BCUT2D eigenvalue weighted by Crippen LogP contribution is 2.23. The Morgan fingerprint density at radius 2 is 1.67 bits per heavy atom. The minimum Gasteiger partial charge on any atom is -0.372 e. The third-order valence-corrected chi connectivity index (χ3v) is 3.88. The molecule has 0 amide bonds. The standard InChI is InChI=1S/C15H25N3/c1-3-17(4-2)14-5-7-15(8-6-14)18-11-9-13(16)10-12-18/h5-8,13H,3-4,9-12,16H2,1-2H3. The zero-order valence-electron chi connectivity index (χ0n) is 11.6. The van der Waals surface area contributed by atoms with Crippen molar-refractivity contribution in [1.29, 1.82) is 0 Å². The second kappa shape index (κ2) is 6.10. The normalized spacial score (nSPS) is 16.9. The van der Waals surface area contributed by atoms with Gasteiger partial charge in [-0.2, -0.15) is 0 Å². The van der Waals surface area contributed by atoms with Gasteiger partial charge in [0.2, 0.25) is 0 Å². The van der Waals surface area contributed by atoms with E-state index in [1.54, 1.807) is 0 Å². The molecule has 3 heteroatoms. The molecule has 1 heterocycles. The van der Waals surface area contributed by atoms with E-state index in [1.807, 2.05) is 0 Å². The van der Waals surface area contributed by atoms with E-state index in [-0.39, 0.29) is 0 Å². The Hall–Kier alpha value is -1.22. The zero-order valence-corrected chi connectivity index (χ0v) is 11.6. The van der Waals surface area contributed by atoms with Gasteiger partial charge < -0.3 is 15.5 Å². The molecule has 1 saturated heterocycles. The van der Waals surface area contributed by atoms with Gasteiger partial charge in [0.25, 0.3) is 0 Å². The summed E-state index contributed by atoms with van der Waals surface area (Å²) in [5.41, 5.74) is 8.59. The van der Waals surface area contributed by atoms with Crippen LogP contribution in [0.2, 0.25) is 0 Å². The third-order valence-electron chi connectivity index (χ3n) is 3.88. The smallest absolute Gasteiger partial charge is 0.0367 e. The number of nitrogens with zero attached hydrogens (tertiary/aromatic N) is 2. The molecule has 0 radical (unpaired) electrons. The Labute approximate surface area is 111 Å². The van der Waals surface area contributed by atoms with Crippen molar-refractivity contribution in [2.24, 2.45) is 5.73 Å². The first-order valence-corrected chi connectivity index (χ1v) is 7.10. The van der Waals surface area contributed by atoms with Crippen molar-refractivity contribution >= 4 is 11.4 Å². The maximum Gasteiger partial charge on any atom is 0.0367 e. The molecule has 0 aliphatic carbocycles. The van der Waals surface area contributed by atoms with Crippen LogP contribution >= 0.6 is 0 Å². The molecule has 0 atom stereocenters. The fourth-order valence-corrected chi connectivity index (χ4v) is 2.62. The summed E-state index contributed by atoms with van der Waals surface area (Å²) in [5.74, 6) is 0. The van der Waals surface area contributed by atoms with Crippen molar-refractivity contribution in [3.05, 3.63) is 24.3 Å². The van der Waals surface area contributed by atoms with E-state index >= 15 is 0 Å². The number of hydrogen-bond acceptors (Lipinski definition) is 3. The van der Waals surface area contributed by atoms with Crippen LogP contribution < -0.4 is 15.5 Å². The summed E-state index contributed by atoms with van der Waals surface area (Å²) in [6, 6.07) is 9.35. The first kappa shape index (κ1) is 13.2. The number of piperidine rings is 1. The average molecular weight is 247 g/mol. The van der Waals surface area contributed by atoms with Crippen LogP contribution in [0.5, 0.6) is 0 Å². The van der Waals surface area contributed by atoms with Gasteiger partial charge in [-0.1, -0.05) is 0 Å². The second-order valence-electron chi connectivity index (χ2n) is 5.01. The summed E-state index contributed by atoms with van der Waals surface area (Å²) in [4.78, 5) is 4.81. The van der Waals surface area contributed by atoms with Crippen LogP contribution in [0.4, 0.5) is 11.4 Å². The van der Waals surface area contributed by atoms with E-state index in [0.29, 0.717) is 6.04 Å². The minimum atomic E-state index is 0.399. The molecule has 1 aromatic carbocycles. The highest BCUT2D eigenvalue weighted by Gasteiger charge is 2.16. The molecule has 0 bridgehead atoms. The number of nitrogens with two attached hydrogens (primary N) is 1. The average Bonchev–Trinajstić information content (AvgIpc) is 2.42. The Bertz CT molecular complexity index is 349. The topological polar surface area (TPSA) is 32.5 Å². The maximum absolute atomic E-state index is 5.94. The molecule has 100 valence electrons. The number of benzene rings is 1. The molecular formula is C15H25N3. The fraction of sp³-hybridized carbons (Fsp3) is 0.600. The van der Waals surface area contributed by atoms with E-state index < -0.39 is 0 Å². The highest BCUT2D eigenvalue weighted by molar-refractivity contribution is 5.56. The van der Waals surface area contributed by atoms with Gasteiger partial charge in [-0.3, -0.25) is 0 Å². The lowest BCUT2D eigenvalue weighted by atomic mass is 10.1. The molecule has 1 aliphatic heterocycles. The van der Waals surface area contributed by atoms with Crippen molar-refractivity contribution in [2.45, 2.75) is 32.7 Å². The molecule has 0 aromatic heterocycles. The molecular weight excluding hydrogens is 222 g/mol. The zero-order chi connectivity index (χ0) is 13.0. The molecule has 2 N–H and O–H groups in total. The maximum atomic E-state index is 5.94. The van der Waals surface area contributed by atoms with Crippen LogP contribution in [0.1, 0.15) is 26.7 Å². The second-order valence-corrected chi connectivity index (χ2v) is 5.01. The Morgan fingerprint density at radius 3 is 2.17 bits per heavy atom. The van der Waals surface area contributed by atoms with Gasteiger partial charge >= 0.3 is 0 Å². The SMILES string of the molecule is CCN(CC)c1ccc(N2CCC(N)CC2)cc1. The predicted molar refractivity (Wildman–Crippen MR) is 79.4 cm³/mol. The van der Waals surface area contributed by atoms with Gasteiger partial charge in [-0.25, -0.2) is 0 Å². The summed E-state index contributed by atoms with van der Waals surface area (Å²) >= 11 is 0. The fourth-order valence-electron chi connectivity index (χ4n) is 2.62. The number of rotatable bonds is 4. The van der Waals surface area contributed by atoms with Crippen molar-refractivity contribution in [1.82, 2.24) is 0 Å². The quantitative estimate of drug-likeness (QED) is 0.887. The van der Waals surface area contributed by atoms with Gasteiger partial charge in [0.05, 0.1) is 0 Å². The van der Waals surface area contributed by atoms with E-state index in [0.717, 1.165) is 39.0 Å². The van der Waals surface area contributed by atoms with Gasteiger partial charge in [0.15, 0.2) is 0 Å². The van der Waals surface area contributed by atoms with Crippen molar-refractivity contribution in [3.8, 4) is 0 Å². The van der Waals surface area contributed by atoms with E-state index in [2.05, 4.69) is 47.9 Å². The Morgan fingerprint density at radius 1 is 1.11 bits per heavy atom. The van der Waals surface area contributed by atoms with Crippen LogP contribution in [0, 0.1) is 0 Å². The third kappa shape index (κ3) is 2.96. The van der Waals surface area contributed by atoms with Gasteiger partial charge in [-0.05, 0) is 51.0 Å². The summed E-state index contributed by atoms with van der Waals surface area (Å²) < 4.78 is 0. The molecule has 3 nitrogen and oxygen atoms in total. The molecule has 18 heavy (non-hydrogen) atoms. The summed E-state index contributed by atoms with van der Waals surface area (Å²) in [7, 11) is 0. The van der Waals surface area contributed by atoms with Crippen molar-refractivity contribution < 1.29 is 0 Å². The lowest BCUT2D eigenvalue weighted by molar-refractivity contribution is 0.501. The number of anilines is 2. The highest BCUT2D eigenvalue weighted by atomic mass is 15.1.